The second kappa shape index (κ2) is 13.7. The largest absolute Gasteiger partial charge is 0.785 e. The second-order valence-corrected chi connectivity index (χ2v) is 10.4. The minimum absolute atomic E-state index is 0.466. The van der Waals surface area contributed by atoms with Crippen LogP contribution in [0, 0.1) is 15.6 Å². The van der Waals surface area contributed by atoms with E-state index in [9.17, 15) is 15.6 Å². The van der Waals surface area contributed by atoms with E-state index in [4.69, 9.17) is 0 Å². The Hall–Kier alpha value is -2.12. The number of anilines is 2. The lowest BCUT2D eigenvalue weighted by molar-refractivity contribution is 0.341. The van der Waals surface area contributed by atoms with Gasteiger partial charge in [0.25, 0.3) is 0 Å². The van der Waals surface area contributed by atoms with Gasteiger partial charge in [-0.3, -0.25) is 0 Å². The van der Waals surface area contributed by atoms with Crippen molar-refractivity contribution in [1.82, 2.24) is 5.06 Å². The van der Waals surface area contributed by atoms with Crippen LogP contribution in [-0.2, 0) is 0 Å². The number of hydrogen-bond acceptors (Lipinski definition) is 6. The monoisotopic (exact) mass is 468 g/mol. The molecule has 2 aromatic rings. The minimum Gasteiger partial charge on any atom is -0.785 e. The zero-order chi connectivity index (χ0) is 25.0. The first-order valence-corrected chi connectivity index (χ1v) is 12.6. The molecule has 0 aliphatic heterocycles. The highest BCUT2D eigenvalue weighted by Gasteiger charge is 2.20. The van der Waals surface area contributed by atoms with E-state index in [-0.39, 0.29) is 0 Å². The van der Waals surface area contributed by atoms with Gasteiger partial charge in [0.2, 0.25) is 0 Å². The van der Waals surface area contributed by atoms with E-state index in [1.54, 1.807) is 0 Å². The van der Waals surface area contributed by atoms with Crippen molar-refractivity contribution in [3.8, 4) is 0 Å². The van der Waals surface area contributed by atoms with Gasteiger partial charge in [-0.1, -0.05) is 62.1 Å². The highest BCUT2D eigenvalue weighted by molar-refractivity contribution is 5.50. The van der Waals surface area contributed by atoms with Crippen LogP contribution in [0.3, 0.4) is 0 Å². The summed E-state index contributed by atoms with van der Waals surface area (Å²) in [6.07, 6.45) is 7.01. The van der Waals surface area contributed by atoms with Gasteiger partial charge in [0.1, 0.15) is 0 Å². The molecule has 0 aromatic heterocycles. The molecule has 0 saturated heterocycles. The topological polar surface area (TPSA) is 78.9 Å². The number of nitrogens with zero attached hydrogens (tertiary/aromatic N) is 3. The number of unbranched alkanes of at least 4 members (excludes halogenated alkanes) is 4. The predicted octanol–water partition coefficient (Wildman–Crippen LogP) is 7.47. The summed E-state index contributed by atoms with van der Waals surface area (Å²) in [6, 6.07) is 18.7. The van der Waals surface area contributed by atoms with Crippen molar-refractivity contribution >= 4 is 11.4 Å². The zero-order valence-electron chi connectivity index (χ0n) is 21.4. The molecule has 0 bridgehead atoms. The average Bonchev–Trinajstić information content (AvgIpc) is 2.83. The molecule has 190 valence electrons. The van der Waals surface area contributed by atoms with Gasteiger partial charge in [0.15, 0.2) is 0 Å². The Labute approximate surface area is 206 Å². The van der Waals surface area contributed by atoms with Gasteiger partial charge in [-0.2, -0.15) is 0 Å². The van der Waals surface area contributed by atoms with Gasteiger partial charge in [-0.25, -0.2) is 0 Å². The fraction of sp³-hybridized carbons (Fsp3) is 0.571. The molecule has 6 heteroatoms. The Balaban J connectivity index is 1.55. The lowest BCUT2D eigenvalue weighted by Crippen LogP contribution is -2.39. The van der Waals surface area contributed by atoms with Crippen LogP contribution in [0.25, 0.3) is 0 Å². The molecule has 0 aliphatic rings. The van der Waals surface area contributed by atoms with Gasteiger partial charge >= 0.3 is 0 Å². The molecule has 0 aliphatic carbocycles. The molecule has 0 heterocycles. The maximum Gasteiger partial charge on any atom is 0.0263 e. The maximum absolute atomic E-state index is 12.6. The van der Waals surface area contributed by atoms with E-state index in [1.807, 2.05) is 88.4 Å². The summed E-state index contributed by atoms with van der Waals surface area (Å²) in [5.41, 5.74) is 0.438. The summed E-state index contributed by atoms with van der Waals surface area (Å²) >= 11 is 0. The molecule has 0 saturated carbocycles. The Kier molecular flexibility index (Phi) is 11.3. The summed E-state index contributed by atoms with van der Waals surface area (Å²) in [6.45, 7) is 8.96. The smallest absolute Gasteiger partial charge is 0.0263 e. The fourth-order valence-corrected chi connectivity index (χ4v) is 4.19. The predicted molar refractivity (Wildman–Crippen MR) is 145 cm³/mol. The second-order valence-electron chi connectivity index (χ2n) is 10.4. The van der Waals surface area contributed by atoms with Crippen molar-refractivity contribution in [2.75, 3.05) is 23.2 Å². The number of rotatable bonds is 16. The van der Waals surface area contributed by atoms with Crippen LogP contribution in [0.15, 0.2) is 60.7 Å². The van der Waals surface area contributed by atoms with Crippen molar-refractivity contribution in [3.05, 3.63) is 76.3 Å². The van der Waals surface area contributed by atoms with E-state index < -0.39 is 11.1 Å². The molecule has 0 amide bonds. The summed E-state index contributed by atoms with van der Waals surface area (Å²) in [5.74, 6) is 0. The quantitative estimate of drug-likeness (QED) is 0.188. The molecule has 0 fully saturated rings. The van der Waals surface area contributed by atoms with Crippen molar-refractivity contribution in [2.24, 2.45) is 0 Å². The summed E-state index contributed by atoms with van der Waals surface area (Å²) < 4.78 is 0. The molecule has 34 heavy (non-hydrogen) atoms. The number of para-hydroxylation sites is 2. The van der Waals surface area contributed by atoms with Crippen LogP contribution >= 0.6 is 0 Å². The van der Waals surface area contributed by atoms with Crippen molar-refractivity contribution in [1.29, 1.82) is 0 Å². The van der Waals surface area contributed by atoms with Crippen LogP contribution in [0.1, 0.15) is 79.1 Å². The Morgan fingerprint density at radius 1 is 0.529 bits per heavy atom. The highest BCUT2D eigenvalue weighted by Crippen LogP contribution is 2.28. The Bertz CT molecular complexity index is 732. The van der Waals surface area contributed by atoms with Gasteiger partial charge < -0.3 is 30.8 Å². The normalized spacial score (nSPS) is 12.2. The third kappa shape index (κ3) is 9.26. The lowest BCUT2D eigenvalue weighted by Gasteiger charge is -2.46. The summed E-state index contributed by atoms with van der Waals surface area (Å²) in [7, 11) is 0. The number of hydrogen-bond donors (Lipinski definition) is 0. The Morgan fingerprint density at radius 3 is 1.24 bits per heavy atom. The highest BCUT2D eigenvalue weighted by atomic mass is 16.5. The molecule has 6 nitrogen and oxygen atoms in total. The average molecular weight is 469 g/mol. The Morgan fingerprint density at radius 2 is 0.882 bits per heavy atom. The van der Waals surface area contributed by atoms with Crippen molar-refractivity contribution in [3.63, 3.8) is 0 Å². The molecular weight excluding hydrogens is 426 g/mol. The lowest BCUT2D eigenvalue weighted by atomic mass is 9.95. The van der Waals surface area contributed by atoms with Gasteiger partial charge in [0.05, 0.1) is 0 Å². The van der Waals surface area contributed by atoms with Crippen LogP contribution in [0.4, 0.5) is 11.4 Å². The maximum atomic E-state index is 12.6. The summed E-state index contributed by atoms with van der Waals surface area (Å²) in [5, 5.41) is 40.7. The van der Waals surface area contributed by atoms with Crippen molar-refractivity contribution < 1.29 is 0 Å². The third-order valence-electron chi connectivity index (χ3n) is 6.47. The first kappa shape index (κ1) is 28.1. The van der Waals surface area contributed by atoms with E-state index in [1.165, 1.54) is 0 Å². The molecule has 0 spiro atoms. The first-order chi connectivity index (χ1) is 16.1. The standard InChI is InChI=1S/C28H42N3O3/c1-27(2,30(33)25-17-9-5-10-18-25)21-13-7-15-23-29(32)24-16-8-14-22-28(3,4)31(34)26-19-11-6-12-20-26/h5-6,9-12,17-20H,7-8,13-16,21-24H2,1-4H3/q-3. The van der Waals surface area contributed by atoms with E-state index in [2.05, 4.69) is 0 Å². The van der Waals surface area contributed by atoms with Crippen LogP contribution in [0.5, 0.6) is 0 Å². The molecule has 2 aromatic carbocycles. The van der Waals surface area contributed by atoms with Crippen molar-refractivity contribution in [2.45, 2.75) is 90.1 Å². The van der Waals surface area contributed by atoms with Gasteiger partial charge in [-0.05, 0) is 90.7 Å². The minimum atomic E-state index is -0.466. The van der Waals surface area contributed by atoms with E-state index >= 15 is 0 Å². The first-order valence-electron chi connectivity index (χ1n) is 12.6. The van der Waals surface area contributed by atoms with E-state index in [0.717, 1.165) is 66.6 Å². The molecular formula is C28H42N3O3-3. The molecule has 0 unspecified atom stereocenters. The van der Waals surface area contributed by atoms with Gasteiger partial charge in [-0.15, -0.1) is 0 Å². The zero-order valence-corrected chi connectivity index (χ0v) is 21.4. The third-order valence-corrected chi connectivity index (χ3v) is 6.47. The van der Waals surface area contributed by atoms with Crippen LogP contribution < -0.4 is 10.1 Å². The molecule has 0 N–H and O–H groups in total. The van der Waals surface area contributed by atoms with E-state index in [0.29, 0.717) is 24.5 Å². The fourth-order valence-electron chi connectivity index (χ4n) is 4.19. The number of benzene rings is 2. The van der Waals surface area contributed by atoms with Crippen LogP contribution in [0.2, 0.25) is 0 Å². The molecule has 0 radical (unpaired) electrons. The summed E-state index contributed by atoms with van der Waals surface area (Å²) in [4.78, 5) is 0. The number of hydroxylamine groups is 4. The SMILES string of the molecule is CC(C)(CCCCCN([O-])CCCCCC(C)(C)N([O-])c1ccccc1)N([O-])c1ccccc1. The molecule has 0 atom stereocenters. The van der Waals surface area contributed by atoms with Gasteiger partial charge in [0, 0.05) is 22.5 Å². The molecule has 2 rings (SSSR count). The van der Waals surface area contributed by atoms with Crippen LogP contribution in [-0.4, -0.2) is 29.2 Å².